The van der Waals surface area contributed by atoms with Gasteiger partial charge in [-0.05, 0) is 255 Å². The van der Waals surface area contributed by atoms with Gasteiger partial charge in [0, 0.05) is 145 Å². The van der Waals surface area contributed by atoms with E-state index >= 15 is 0 Å². The minimum absolute atomic E-state index is 0. The number of carboxylic acid groups (broad SMARTS) is 1. The number of ether oxygens (including phenoxy) is 3. The number of carboxylic acids is 1. The number of benzene rings is 5. The third-order valence-corrected chi connectivity index (χ3v) is 34.6. The van der Waals surface area contributed by atoms with Crippen LogP contribution in [0.3, 0.4) is 0 Å². The van der Waals surface area contributed by atoms with Gasteiger partial charge in [-0.3, -0.25) is 41.0 Å². The Bertz CT molecular complexity index is 7160. The molecule has 5 fully saturated rings. The molecule has 28 rings (SSSR count). The number of carbonyl (C=O) groups is 2. The van der Waals surface area contributed by atoms with Crippen LogP contribution in [0, 0.1) is 34.0 Å². The van der Waals surface area contributed by atoms with Crippen molar-refractivity contribution in [3.63, 3.8) is 0 Å². The zero-order chi connectivity index (χ0) is 97.7. The van der Waals surface area contributed by atoms with Gasteiger partial charge in [0.15, 0.2) is 5.78 Å². The number of H-pyrrole nitrogens is 1. The van der Waals surface area contributed by atoms with Crippen LogP contribution in [0.15, 0.2) is 182 Å². The highest BCUT2D eigenvalue weighted by molar-refractivity contribution is 14.1. The quantitative estimate of drug-likeness (QED) is 0.0222. The van der Waals surface area contributed by atoms with Crippen LogP contribution in [-0.4, -0.2) is 194 Å². The molecule has 5 aromatic carbocycles. The van der Waals surface area contributed by atoms with Crippen LogP contribution in [-0.2, 0) is 55.9 Å². The molecular formula is C111H134ClIN18O10. The number of aromatic amines is 1. The van der Waals surface area contributed by atoms with E-state index < -0.39 is 18.2 Å². The van der Waals surface area contributed by atoms with Gasteiger partial charge in [-0.2, -0.15) is 0 Å². The second-order valence-corrected chi connectivity index (χ2v) is 40.4. The third-order valence-electron chi connectivity index (χ3n) is 34.6. The minimum Gasteiger partial charge on any atom is -0.477 e. The summed E-state index contributed by atoms with van der Waals surface area (Å²) in [7, 11) is 4.53. The van der Waals surface area contributed by atoms with Gasteiger partial charge < -0.3 is 61.1 Å². The van der Waals surface area contributed by atoms with Crippen molar-refractivity contribution in [1.29, 1.82) is 0 Å². The molecule has 0 spiro atoms. The maximum Gasteiger partial charge on any atom is 0.434 e. The van der Waals surface area contributed by atoms with E-state index in [9.17, 15) is 19.5 Å². The van der Waals surface area contributed by atoms with E-state index in [-0.39, 0.29) is 51.8 Å². The lowest BCUT2D eigenvalue weighted by Gasteiger charge is -2.53. The number of nitrogens with zero attached hydrogens (tertiary/aromatic N) is 14. The van der Waals surface area contributed by atoms with Crippen molar-refractivity contribution < 1.29 is 43.5 Å². The summed E-state index contributed by atoms with van der Waals surface area (Å²) < 4.78 is 48.6. The molecule has 15 aliphatic heterocycles. The number of carbonyl (C=O) groups excluding carboxylic acids is 1. The molecule has 0 amide bonds. The van der Waals surface area contributed by atoms with Gasteiger partial charge in [-0.15, -0.1) is 27.7 Å². The molecule has 28 nitrogen and oxygen atoms in total. The topological polar surface area (TPSA) is 325 Å². The Kier molecular flexibility index (Phi) is 27.1. The molecule has 5 saturated heterocycles. The van der Waals surface area contributed by atoms with Crippen LogP contribution in [0.5, 0.6) is 0 Å². The number of nitrogens with two attached hydrogens (primary N) is 3. The number of fused-ring (bicyclic) bond motifs is 15. The lowest BCUT2D eigenvalue weighted by Crippen LogP contribution is -2.51. The highest BCUT2D eigenvalue weighted by atomic mass is 127. The monoisotopic (exact) mass is 2040 g/mol. The summed E-state index contributed by atoms with van der Waals surface area (Å²) in [4.78, 5) is 54.9. The molecule has 8 aromatic heterocycles. The number of hydrazine groups is 1. The Balaban J connectivity index is 0.000000105. The highest BCUT2D eigenvalue weighted by Crippen LogP contribution is 2.64. The molecule has 23 heterocycles. The lowest BCUT2D eigenvalue weighted by atomic mass is 9.66. The summed E-state index contributed by atoms with van der Waals surface area (Å²) in [6.45, 7) is 24.4. The van der Waals surface area contributed by atoms with Crippen molar-refractivity contribution in [3.8, 4) is 0 Å². The number of aliphatic carboxylic acids is 1. The molecule has 742 valence electrons. The number of hydrogen-bond acceptors (Lipinski definition) is 21. The van der Waals surface area contributed by atoms with E-state index in [0.29, 0.717) is 58.5 Å². The fourth-order valence-corrected chi connectivity index (χ4v) is 28.7. The predicted octanol–water partition coefficient (Wildman–Crippen LogP) is 19.5. The van der Waals surface area contributed by atoms with Crippen LogP contribution in [0.1, 0.15) is 242 Å². The molecule has 0 saturated carbocycles. The highest BCUT2D eigenvalue weighted by Gasteiger charge is 2.58. The third kappa shape index (κ3) is 15.6. The molecule has 141 heavy (non-hydrogen) atoms. The van der Waals surface area contributed by atoms with Crippen LogP contribution >= 0.6 is 35.0 Å². The fraction of sp³-hybridized carbons (Fsp3) is 0.468. The Morgan fingerprint density at radius 3 is 1.05 bits per heavy atom. The minimum atomic E-state index is -0.812. The molecule has 8 N–H and O–H groups in total. The summed E-state index contributed by atoms with van der Waals surface area (Å²) >= 11 is 1.96. The summed E-state index contributed by atoms with van der Waals surface area (Å²) in [5.74, 6) is 9.12. The molecule has 30 heteroatoms. The zero-order valence-electron chi connectivity index (χ0n) is 83.6. The van der Waals surface area contributed by atoms with Crippen molar-refractivity contribution in [1.82, 2.24) is 72.7 Å². The van der Waals surface area contributed by atoms with E-state index in [1.807, 2.05) is 40.1 Å². The first kappa shape index (κ1) is 96.6. The second kappa shape index (κ2) is 39.6. The average molecular weight is 2040 g/mol. The van der Waals surface area contributed by atoms with E-state index in [0.717, 1.165) is 169 Å². The average Bonchev–Trinajstić information content (AvgIpc) is 1.54. The van der Waals surface area contributed by atoms with Gasteiger partial charge in [0.05, 0.1) is 76.2 Å². The second-order valence-electron chi connectivity index (χ2n) is 40.4. The number of ketones is 1. The Labute approximate surface area is 844 Å². The van der Waals surface area contributed by atoms with E-state index in [1.54, 1.807) is 18.0 Å². The van der Waals surface area contributed by atoms with E-state index in [4.69, 9.17) is 20.4 Å². The smallest absolute Gasteiger partial charge is 0.434 e. The largest absolute Gasteiger partial charge is 0.477 e. The number of rotatable bonds is 14. The number of nitrogens with one attached hydrogen (secondary N) is 1. The van der Waals surface area contributed by atoms with Crippen LogP contribution in [0.2, 0.25) is 0 Å². The van der Waals surface area contributed by atoms with Crippen LogP contribution in [0.4, 0.5) is 0 Å². The standard InChI is InChI=1S/C22H24N4O.C22H23N3O.C21H22N4O2.C21H25N3O.C20H22N2O2.C4H10O3.CH3I.ClH.H4N2/c1-3-22-10-6-11-25-12-9-16-15-7-4-5-8-17(15)26(19(16)20(22)25)18(13-22)21-24-23-14(2)27-21;1-2-22-9-5-11-24-12-8-16-15-6-3-4-7-17(15)25(19(16)20(22)24)18(14-22)21-23-10-13-26-21;1-2-21-9-5-10-24-11-8-14-13-6-3-4-7-15(13)25(17(14)18(21)24)16(12-21)19-22-23-20(26)27-19;1-2-21-9-5-10-23-11-8-15-14-6-3-4-7-16(14)24(19(15)20(21)23)17(12-21)18(25)13-22;1-2-20-9-5-10-21-11-8-14-13-6-3-4-7-15(13)22(17(14)18(20)21)16(12-20)19(23)24;1-5-4(6-2)7-3;1-2;;1-2/h4-5,7-8,13,20H,3,6,9-12H2,1-2H3;3-4,6-7,10,13-14,20H,2,5,8-9,11-12H2,1H3;3-4,6-7,12,18H,2,5,8-11H2,1H3,(H,23,26);3-4,6-7,12,20H,2,5,8-11,13,22H2,1H3;3-4,6-7,12,18H,2,5,8-11H2,1H3,(H,23,24);4H,1-3H3;1H3;1H;1-2H2/t2*20-,22+;18-,21+;20-,21+;18-,20+;;;;/m11111..../s1/i;;;;;;1D;;. The lowest BCUT2D eigenvalue weighted by molar-refractivity contribution is -0.252. The number of aromatic nitrogens is 10. The van der Waals surface area contributed by atoms with Gasteiger partial charge >= 0.3 is 11.7 Å². The maximum atomic E-state index is 12.8. The first-order chi connectivity index (χ1) is 68.9. The Morgan fingerprint density at radius 1 is 0.461 bits per heavy atom. The number of halogens is 2. The fourth-order valence-electron chi connectivity index (χ4n) is 28.7. The number of para-hydroxylation sites is 5. The number of alkyl halides is 1. The van der Waals surface area contributed by atoms with Crippen molar-refractivity contribution in [2.24, 2.45) is 44.5 Å². The predicted molar refractivity (Wildman–Crippen MR) is 563 cm³/mol. The number of methoxy groups -OCH3 is 3. The molecule has 13 aromatic rings. The molecular weight excluding hydrogens is 1910 g/mol. The molecule has 0 unspecified atom stereocenters. The number of Topliss-reactive ketones (excluding diaryl/α,β-unsaturated/α-hetero) is 1. The summed E-state index contributed by atoms with van der Waals surface area (Å²) in [6.07, 6.45) is 37.9. The number of piperidine rings is 5. The Morgan fingerprint density at radius 2 is 0.766 bits per heavy atom. The van der Waals surface area contributed by atoms with Crippen LogP contribution < -0.4 is 23.2 Å². The molecule has 0 aliphatic carbocycles. The number of oxazole rings is 1. The van der Waals surface area contributed by atoms with E-state index in [1.165, 1.54) is 180 Å². The van der Waals surface area contributed by atoms with Crippen LogP contribution in [0.25, 0.3) is 83.0 Å². The summed E-state index contributed by atoms with van der Waals surface area (Å²) in [6, 6.07) is 45.1. The molecule has 0 bridgehead atoms. The number of hydrogen-bond donors (Lipinski definition) is 5. The van der Waals surface area contributed by atoms with Gasteiger partial charge in [0.2, 0.25) is 11.8 Å². The van der Waals surface area contributed by atoms with Gasteiger partial charge in [0.25, 0.3) is 18.3 Å². The van der Waals surface area contributed by atoms with Crippen molar-refractivity contribution in [3.05, 3.63) is 255 Å². The molecule has 15 aliphatic rings. The van der Waals surface area contributed by atoms with Crippen molar-refractivity contribution >= 4 is 130 Å². The van der Waals surface area contributed by atoms with Gasteiger partial charge in [-0.25, -0.2) is 19.7 Å². The maximum absolute atomic E-state index is 12.8. The van der Waals surface area contributed by atoms with Gasteiger partial charge in [0.1, 0.15) is 29.1 Å². The number of aryl methyl sites for hydroxylation is 1. The zero-order valence-corrected chi connectivity index (χ0v) is 85.6. The molecule has 0 radical (unpaired) electrons. The summed E-state index contributed by atoms with van der Waals surface area (Å²) in [5.41, 5.74) is 30.9. The van der Waals surface area contributed by atoms with Crippen molar-refractivity contribution in [2.45, 2.75) is 207 Å². The first-order valence-corrected chi connectivity index (χ1v) is 52.4. The molecule has 10 atom stereocenters. The first-order valence-electron chi connectivity index (χ1n) is 51.6. The van der Waals surface area contributed by atoms with Gasteiger partial charge in [-0.1, -0.05) is 148 Å². The Hall–Kier alpha value is -10.5. The SMILES string of the molecule is CC[C@@]12C=C(C(=O)CN)n3c4c(c5ccccc53)CCN(CCC1)[C@H]42.CC[C@@]12C=C(C(=O)O)n3c4c(c5ccccc53)CCN(CCC1)[C@H]42.CC[C@@]12C=C(c3n[nH]c(=O)o3)n3c4c(c5ccccc53)CCN(CCC1)[C@H]42.CC[C@@]12C=C(c3ncco3)n3c4c(c5ccccc53)CCN(CCC1)[C@H]42.CC[C@@]12C=C(c3nnc(C)o3)n3c4c(c5ccccc53)CCN(CCC1)[C@H]42.COC(OC)OC.Cl.NN.[2H]CI. The van der Waals surface area contributed by atoms with Crippen molar-refractivity contribution in [2.75, 3.05) is 98.2 Å². The normalized spacial score (nSPS) is 25.8. The summed E-state index contributed by atoms with van der Waals surface area (Å²) in [5, 5.41) is 31.7. The van der Waals surface area contributed by atoms with E-state index in [2.05, 4.69) is 274 Å².